The molecule has 4 aliphatic heterocycles. The van der Waals surface area contributed by atoms with Gasteiger partial charge in [0.15, 0.2) is 5.82 Å². The first-order chi connectivity index (χ1) is 21.3. The quantitative estimate of drug-likeness (QED) is 0.327. The third-order valence-electron chi connectivity index (χ3n) is 9.64. The normalized spacial score (nSPS) is 26.1. The first-order valence-electron chi connectivity index (χ1n) is 15.0. The molecule has 222 valence electrons. The van der Waals surface area contributed by atoms with Crippen LogP contribution in [0.3, 0.4) is 0 Å². The Balaban J connectivity index is 1.33. The molecule has 6 heterocycles. The number of terminal acetylenes is 1. The van der Waals surface area contributed by atoms with Crippen LogP contribution in [-0.4, -0.2) is 74.9 Å². The van der Waals surface area contributed by atoms with E-state index in [2.05, 4.69) is 42.8 Å². The summed E-state index contributed by atoms with van der Waals surface area (Å²) in [6.45, 7) is 2.55. The molecule has 0 saturated carbocycles. The Kier molecular flexibility index (Phi) is 6.23. The highest BCUT2D eigenvalue weighted by Crippen LogP contribution is 2.41. The highest BCUT2D eigenvalue weighted by molar-refractivity contribution is 6.03. The fourth-order valence-electron chi connectivity index (χ4n) is 7.72. The predicted molar refractivity (Wildman–Crippen MR) is 162 cm³/mol. The molecule has 8 rings (SSSR count). The Morgan fingerprint density at radius 1 is 1.09 bits per heavy atom. The van der Waals surface area contributed by atoms with Gasteiger partial charge >= 0.3 is 0 Å². The Hall–Kier alpha value is -4.38. The van der Waals surface area contributed by atoms with Gasteiger partial charge in [0.05, 0.1) is 16.5 Å². The summed E-state index contributed by atoms with van der Waals surface area (Å²) in [6.07, 6.45) is 10.4. The van der Waals surface area contributed by atoms with Crippen molar-refractivity contribution in [2.24, 2.45) is 0 Å². The van der Waals surface area contributed by atoms with Crippen molar-refractivity contribution in [1.29, 1.82) is 0 Å². The minimum Gasteiger partial charge on any atom is -0.508 e. The lowest BCUT2D eigenvalue weighted by molar-refractivity contribution is 0.255. The number of rotatable bonds is 2. The van der Waals surface area contributed by atoms with E-state index in [4.69, 9.17) is 11.4 Å². The molecule has 0 radical (unpaired) electrons. The van der Waals surface area contributed by atoms with Gasteiger partial charge in [-0.05, 0) is 61.7 Å². The summed E-state index contributed by atoms with van der Waals surface area (Å²) < 4.78 is 45.9. The highest BCUT2D eigenvalue weighted by atomic mass is 19.1. The molecule has 0 amide bonds. The number of aromatic nitrogens is 3. The lowest BCUT2D eigenvalue weighted by atomic mass is 9.94. The molecule has 7 nitrogen and oxygen atoms in total. The topological polar surface area (TPSA) is 77.4 Å². The van der Waals surface area contributed by atoms with Crippen molar-refractivity contribution in [2.75, 3.05) is 31.1 Å². The largest absolute Gasteiger partial charge is 0.508 e. The molecule has 4 atom stereocenters. The number of phenols is 1. The number of aromatic hydroxyl groups is 1. The number of fused-ring (bicyclic) bond motifs is 5. The maximum absolute atomic E-state index is 16.7. The first-order valence-corrected chi connectivity index (χ1v) is 15.0. The molecule has 4 aromatic rings. The van der Waals surface area contributed by atoms with Crippen LogP contribution in [0.25, 0.3) is 32.9 Å². The predicted octanol–water partition coefficient (Wildman–Crippen LogP) is 4.68. The second kappa shape index (κ2) is 10.1. The minimum atomic E-state index is -0.935. The van der Waals surface area contributed by atoms with Gasteiger partial charge in [-0.1, -0.05) is 17.9 Å². The fourth-order valence-corrected chi connectivity index (χ4v) is 7.72. The van der Waals surface area contributed by atoms with E-state index < -0.39 is 23.3 Å². The fraction of sp³-hybridized carbons (Fsp3) is 0.382. The van der Waals surface area contributed by atoms with E-state index in [1.54, 1.807) is 0 Å². The number of alkyl halides is 1. The molecule has 3 unspecified atom stereocenters. The maximum atomic E-state index is 16.7. The molecule has 2 N–H and O–H groups in total. The number of nitrogens with one attached hydrogen (secondary N) is 1. The van der Waals surface area contributed by atoms with Crippen LogP contribution in [0.15, 0.2) is 30.5 Å². The highest BCUT2D eigenvalue weighted by Gasteiger charge is 2.47. The summed E-state index contributed by atoms with van der Waals surface area (Å²) in [5, 5.41) is 15.3. The molecule has 4 fully saturated rings. The number of pyridine rings is 1. The number of nitrogens with zero attached hydrogens (tertiary/aromatic N) is 5. The maximum Gasteiger partial charge on any atom is 0.207 e. The van der Waals surface area contributed by atoms with E-state index in [-0.39, 0.29) is 39.3 Å². The van der Waals surface area contributed by atoms with Gasteiger partial charge in [-0.25, -0.2) is 23.1 Å². The average Bonchev–Trinajstić information content (AvgIpc) is 3.66. The van der Waals surface area contributed by atoms with Crippen LogP contribution in [0.5, 0.6) is 5.75 Å². The van der Waals surface area contributed by atoms with Gasteiger partial charge in [-0.15, -0.1) is 6.42 Å². The number of benzene rings is 2. The van der Waals surface area contributed by atoms with Crippen LogP contribution in [0.1, 0.15) is 43.5 Å². The van der Waals surface area contributed by atoms with Crippen molar-refractivity contribution in [3.63, 3.8) is 0 Å². The molecule has 2 aromatic carbocycles. The molecule has 2 aromatic heterocycles. The molecular formula is C34H29F3N6O. The number of halogens is 3. The summed E-state index contributed by atoms with van der Waals surface area (Å²) in [5.41, 5.74) is -0.570. The number of piperazine rings is 1. The Labute approximate surface area is 252 Å². The number of phenolic OH excluding ortho intramolecular Hbond substituents is 1. The molecule has 2 bridgehead atoms. The van der Waals surface area contributed by atoms with Crippen molar-refractivity contribution in [1.82, 2.24) is 25.2 Å². The van der Waals surface area contributed by atoms with Gasteiger partial charge in [-0.2, -0.15) is 0 Å². The van der Waals surface area contributed by atoms with Crippen molar-refractivity contribution in [2.45, 2.75) is 55.9 Å². The Morgan fingerprint density at radius 2 is 1.91 bits per heavy atom. The second-order valence-corrected chi connectivity index (χ2v) is 12.4. The van der Waals surface area contributed by atoms with Gasteiger partial charge in [0, 0.05) is 55.3 Å². The third kappa shape index (κ3) is 4.28. The van der Waals surface area contributed by atoms with Crippen LogP contribution in [-0.2, 0) is 0 Å². The second-order valence-electron chi connectivity index (χ2n) is 12.4. The van der Waals surface area contributed by atoms with Crippen LogP contribution >= 0.6 is 0 Å². The Morgan fingerprint density at radius 3 is 2.70 bits per heavy atom. The van der Waals surface area contributed by atoms with E-state index in [1.807, 2.05) is 0 Å². The van der Waals surface area contributed by atoms with Crippen molar-refractivity contribution < 1.29 is 18.3 Å². The molecule has 0 spiro atoms. The summed E-state index contributed by atoms with van der Waals surface area (Å²) >= 11 is 0. The van der Waals surface area contributed by atoms with Crippen molar-refractivity contribution in [3.8, 4) is 41.2 Å². The van der Waals surface area contributed by atoms with E-state index in [1.165, 1.54) is 30.5 Å². The van der Waals surface area contributed by atoms with Crippen molar-refractivity contribution in [3.05, 3.63) is 53.5 Å². The van der Waals surface area contributed by atoms with Crippen LogP contribution < -0.4 is 10.2 Å². The van der Waals surface area contributed by atoms with Gasteiger partial charge in [0.25, 0.3) is 0 Å². The lowest BCUT2D eigenvalue weighted by Gasteiger charge is -2.34. The number of hydrogen-bond donors (Lipinski definition) is 2. The molecule has 4 saturated heterocycles. The summed E-state index contributed by atoms with van der Waals surface area (Å²) in [6, 6.07) is 6.08. The lowest BCUT2D eigenvalue weighted by Crippen LogP contribution is -2.51. The zero-order valence-corrected chi connectivity index (χ0v) is 23.9. The van der Waals surface area contributed by atoms with Crippen LogP contribution in [0, 0.1) is 35.8 Å². The smallest absolute Gasteiger partial charge is 0.207 e. The van der Waals surface area contributed by atoms with E-state index in [0.717, 1.165) is 32.2 Å². The number of hydrogen-bond acceptors (Lipinski definition) is 7. The monoisotopic (exact) mass is 594 g/mol. The minimum absolute atomic E-state index is 0.0147. The summed E-state index contributed by atoms with van der Waals surface area (Å²) in [4.78, 5) is 18.1. The van der Waals surface area contributed by atoms with Crippen molar-refractivity contribution >= 4 is 27.5 Å². The third-order valence-corrected chi connectivity index (χ3v) is 9.64. The molecular weight excluding hydrogens is 565 g/mol. The van der Waals surface area contributed by atoms with Gasteiger partial charge in [-0.3, -0.25) is 9.88 Å². The summed E-state index contributed by atoms with van der Waals surface area (Å²) in [7, 11) is 0. The molecule has 44 heavy (non-hydrogen) atoms. The number of anilines is 1. The van der Waals surface area contributed by atoms with Gasteiger partial charge in [0.2, 0.25) is 5.82 Å². The average molecular weight is 595 g/mol. The SMILES string of the molecule is C#Cc1c(F)ccc2cc(O)cc(-c3ncc4c(N5CC6CCC(C5)N6)nc(C#CC56CCCN5C[C@H](F)C6)nc4c3F)c12. The first kappa shape index (κ1) is 27.2. The van der Waals surface area contributed by atoms with Crippen LogP contribution in [0.2, 0.25) is 0 Å². The van der Waals surface area contributed by atoms with Gasteiger partial charge in [0.1, 0.15) is 34.8 Å². The zero-order chi connectivity index (χ0) is 30.2. The van der Waals surface area contributed by atoms with E-state index in [0.29, 0.717) is 54.7 Å². The van der Waals surface area contributed by atoms with Crippen LogP contribution in [0.4, 0.5) is 19.0 Å². The molecule has 0 aliphatic carbocycles. The van der Waals surface area contributed by atoms with Gasteiger partial charge < -0.3 is 15.3 Å². The molecule has 4 aliphatic rings. The molecule has 10 heteroatoms. The Bertz CT molecular complexity index is 1950. The van der Waals surface area contributed by atoms with E-state index in [9.17, 15) is 13.9 Å². The standard InChI is InChI=1S/C34H29F3N6O/c1-2-24-27(36)7-4-19-12-23(44)13-25(29(19)24)31-30(37)32-26(15-38-31)33(42-17-21-5-6-22(18-42)39-21)41-28(40-32)8-10-34-9-3-11-43(34)16-20(35)14-34/h1,4,7,12-13,15,20-22,39,44H,3,5-6,9,11,14,16-18H2/t20-,21?,22?,34?/m1/s1. The summed E-state index contributed by atoms with van der Waals surface area (Å²) in [5.74, 6) is 7.93. The van der Waals surface area contributed by atoms with E-state index >= 15 is 4.39 Å². The zero-order valence-electron chi connectivity index (χ0n) is 23.9.